The van der Waals surface area contributed by atoms with E-state index >= 15 is 0 Å². The lowest BCUT2D eigenvalue weighted by atomic mass is 10.1. The summed E-state index contributed by atoms with van der Waals surface area (Å²) in [5.41, 5.74) is 2.63. The van der Waals surface area contributed by atoms with Crippen molar-refractivity contribution in [3.63, 3.8) is 0 Å². The maximum atomic E-state index is 11.8. The van der Waals surface area contributed by atoms with Gasteiger partial charge in [-0.25, -0.2) is 0 Å². The number of hydrogen-bond acceptors (Lipinski definition) is 2. The number of nitrogens with one attached hydrogen (secondary N) is 2. The largest absolute Gasteiger partial charge is 0.348 e. The third-order valence-corrected chi connectivity index (χ3v) is 3.24. The fraction of sp³-hybridized carbons (Fsp3) is 0.500. The van der Waals surface area contributed by atoms with Gasteiger partial charge in [0.2, 0.25) is 0 Å². The molecule has 4 heteroatoms. The molecule has 2 amide bonds. The second-order valence-corrected chi connectivity index (χ2v) is 5.04. The molecular weight excluding hydrogens is 252 g/mol. The molecule has 20 heavy (non-hydrogen) atoms. The topological polar surface area (TPSA) is 58.2 Å². The monoisotopic (exact) mass is 276 g/mol. The summed E-state index contributed by atoms with van der Waals surface area (Å²) in [5, 5.41) is 5.33. The zero-order chi connectivity index (χ0) is 15.0. The molecule has 110 valence electrons. The van der Waals surface area contributed by atoms with Crippen molar-refractivity contribution in [2.45, 2.75) is 46.5 Å². The van der Waals surface area contributed by atoms with E-state index in [-0.39, 0.29) is 0 Å². The first kappa shape index (κ1) is 16.2. The molecule has 0 unspecified atom stereocenters. The molecule has 4 nitrogen and oxygen atoms in total. The molecule has 0 aliphatic heterocycles. The first-order chi connectivity index (χ1) is 9.56. The summed E-state index contributed by atoms with van der Waals surface area (Å²) >= 11 is 0. The van der Waals surface area contributed by atoms with E-state index in [0.29, 0.717) is 6.54 Å². The van der Waals surface area contributed by atoms with Crippen LogP contribution in [0.5, 0.6) is 0 Å². The van der Waals surface area contributed by atoms with E-state index in [2.05, 4.69) is 17.6 Å². The molecule has 0 aromatic heterocycles. The van der Waals surface area contributed by atoms with E-state index < -0.39 is 11.8 Å². The van der Waals surface area contributed by atoms with Gasteiger partial charge in [-0.05, 0) is 31.4 Å². The van der Waals surface area contributed by atoms with Gasteiger partial charge in [0.05, 0.1) is 0 Å². The van der Waals surface area contributed by atoms with Gasteiger partial charge >= 0.3 is 11.8 Å². The number of carbonyl (C=O) groups is 2. The fourth-order valence-corrected chi connectivity index (χ4v) is 2.02. The summed E-state index contributed by atoms with van der Waals surface area (Å²) in [6.07, 6.45) is 4.30. The Kier molecular flexibility index (Phi) is 6.77. The SMILES string of the molecule is CCCCCCNC(=O)C(=O)Nc1c(C)cccc1C. The molecular formula is C16H24N2O2. The van der Waals surface area contributed by atoms with Crippen LogP contribution in [-0.4, -0.2) is 18.4 Å². The first-order valence-corrected chi connectivity index (χ1v) is 7.21. The molecule has 0 fully saturated rings. The van der Waals surface area contributed by atoms with Crippen molar-refractivity contribution in [2.24, 2.45) is 0 Å². The summed E-state index contributed by atoms with van der Waals surface area (Å²) in [5.74, 6) is -1.16. The highest BCUT2D eigenvalue weighted by Gasteiger charge is 2.14. The number of para-hydroxylation sites is 1. The first-order valence-electron chi connectivity index (χ1n) is 7.21. The molecule has 0 radical (unpaired) electrons. The van der Waals surface area contributed by atoms with Crippen LogP contribution >= 0.6 is 0 Å². The highest BCUT2D eigenvalue weighted by molar-refractivity contribution is 6.39. The number of anilines is 1. The smallest absolute Gasteiger partial charge is 0.313 e. The lowest BCUT2D eigenvalue weighted by Crippen LogP contribution is -2.36. The Morgan fingerprint density at radius 3 is 2.25 bits per heavy atom. The molecule has 0 atom stereocenters. The standard InChI is InChI=1S/C16H24N2O2/c1-4-5-6-7-11-17-15(19)16(20)18-14-12(2)9-8-10-13(14)3/h8-10H,4-7,11H2,1-3H3,(H,17,19)(H,18,20). The second-order valence-electron chi connectivity index (χ2n) is 5.04. The van der Waals surface area contributed by atoms with Gasteiger partial charge in [0.25, 0.3) is 0 Å². The summed E-state index contributed by atoms with van der Waals surface area (Å²) < 4.78 is 0. The van der Waals surface area contributed by atoms with Gasteiger partial charge in [0.15, 0.2) is 0 Å². The minimum absolute atomic E-state index is 0.555. The molecule has 0 bridgehead atoms. The summed E-state index contributed by atoms with van der Waals surface area (Å²) in [7, 11) is 0. The molecule has 0 saturated carbocycles. The van der Waals surface area contributed by atoms with Gasteiger partial charge < -0.3 is 10.6 Å². The third-order valence-electron chi connectivity index (χ3n) is 3.24. The zero-order valence-corrected chi connectivity index (χ0v) is 12.6. The van der Waals surface area contributed by atoms with E-state index in [0.717, 1.165) is 42.5 Å². The number of rotatable bonds is 6. The maximum Gasteiger partial charge on any atom is 0.313 e. The molecule has 0 aliphatic carbocycles. The second kappa shape index (κ2) is 8.35. The van der Waals surface area contributed by atoms with Crippen LogP contribution in [-0.2, 0) is 9.59 Å². The van der Waals surface area contributed by atoms with E-state index in [1.165, 1.54) is 0 Å². The lowest BCUT2D eigenvalue weighted by Gasteiger charge is -2.11. The van der Waals surface area contributed by atoms with Crippen LogP contribution < -0.4 is 10.6 Å². The number of benzene rings is 1. The normalized spacial score (nSPS) is 10.2. The lowest BCUT2D eigenvalue weighted by molar-refractivity contribution is -0.136. The van der Waals surface area contributed by atoms with Crippen LogP contribution in [0.3, 0.4) is 0 Å². The number of amides is 2. The zero-order valence-electron chi connectivity index (χ0n) is 12.6. The number of carbonyl (C=O) groups excluding carboxylic acids is 2. The number of unbranched alkanes of at least 4 members (excludes halogenated alkanes) is 3. The molecule has 1 rings (SSSR count). The van der Waals surface area contributed by atoms with E-state index in [9.17, 15) is 9.59 Å². The molecule has 2 N–H and O–H groups in total. The summed E-state index contributed by atoms with van der Waals surface area (Å²) in [4.78, 5) is 23.5. The molecule has 0 spiro atoms. The summed E-state index contributed by atoms with van der Waals surface area (Å²) in [6.45, 7) is 6.51. The van der Waals surface area contributed by atoms with Crippen LogP contribution in [0.25, 0.3) is 0 Å². The van der Waals surface area contributed by atoms with Crippen molar-refractivity contribution in [1.82, 2.24) is 5.32 Å². The van der Waals surface area contributed by atoms with Crippen molar-refractivity contribution in [3.8, 4) is 0 Å². The Morgan fingerprint density at radius 2 is 1.65 bits per heavy atom. The third kappa shape index (κ3) is 5.03. The average molecular weight is 276 g/mol. The highest BCUT2D eigenvalue weighted by atomic mass is 16.2. The Hall–Kier alpha value is -1.84. The van der Waals surface area contributed by atoms with E-state index in [1.807, 2.05) is 32.0 Å². The van der Waals surface area contributed by atoms with Gasteiger partial charge in [-0.2, -0.15) is 0 Å². The Morgan fingerprint density at radius 1 is 1.00 bits per heavy atom. The van der Waals surface area contributed by atoms with Gasteiger partial charge in [-0.1, -0.05) is 44.4 Å². The van der Waals surface area contributed by atoms with E-state index in [1.54, 1.807) is 0 Å². The average Bonchev–Trinajstić information content (AvgIpc) is 2.42. The Labute approximate surface area is 121 Å². The highest BCUT2D eigenvalue weighted by Crippen LogP contribution is 2.19. The van der Waals surface area contributed by atoms with Crippen LogP contribution in [0.4, 0.5) is 5.69 Å². The van der Waals surface area contributed by atoms with Gasteiger partial charge in [0.1, 0.15) is 0 Å². The number of hydrogen-bond donors (Lipinski definition) is 2. The molecule has 0 heterocycles. The van der Waals surface area contributed by atoms with Crippen molar-refractivity contribution in [3.05, 3.63) is 29.3 Å². The van der Waals surface area contributed by atoms with Crippen molar-refractivity contribution < 1.29 is 9.59 Å². The van der Waals surface area contributed by atoms with Gasteiger partial charge in [0, 0.05) is 12.2 Å². The minimum Gasteiger partial charge on any atom is -0.348 e. The van der Waals surface area contributed by atoms with Crippen molar-refractivity contribution in [1.29, 1.82) is 0 Å². The quantitative estimate of drug-likeness (QED) is 0.620. The van der Waals surface area contributed by atoms with Crippen LogP contribution in [0.2, 0.25) is 0 Å². The Bertz CT molecular complexity index is 449. The molecule has 1 aromatic rings. The predicted molar refractivity (Wildman–Crippen MR) is 81.7 cm³/mol. The molecule has 1 aromatic carbocycles. The fourth-order valence-electron chi connectivity index (χ4n) is 2.02. The van der Waals surface area contributed by atoms with Crippen molar-refractivity contribution >= 4 is 17.5 Å². The molecule has 0 saturated heterocycles. The van der Waals surface area contributed by atoms with Crippen molar-refractivity contribution in [2.75, 3.05) is 11.9 Å². The Balaban J connectivity index is 2.44. The maximum absolute atomic E-state index is 11.8. The van der Waals surface area contributed by atoms with Gasteiger partial charge in [-0.15, -0.1) is 0 Å². The summed E-state index contributed by atoms with van der Waals surface area (Å²) in [6, 6.07) is 5.74. The number of aryl methyl sites for hydroxylation is 2. The van der Waals surface area contributed by atoms with Crippen LogP contribution in [0.1, 0.15) is 43.7 Å². The van der Waals surface area contributed by atoms with E-state index in [4.69, 9.17) is 0 Å². The molecule has 0 aliphatic rings. The predicted octanol–water partition coefficient (Wildman–Crippen LogP) is 2.94. The minimum atomic E-state index is -0.599. The van der Waals surface area contributed by atoms with Gasteiger partial charge in [-0.3, -0.25) is 9.59 Å². The van der Waals surface area contributed by atoms with Crippen LogP contribution in [0, 0.1) is 13.8 Å². The van der Waals surface area contributed by atoms with Crippen LogP contribution in [0.15, 0.2) is 18.2 Å².